The summed E-state index contributed by atoms with van der Waals surface area (Å²) < 4.78 is 42.2. The Morgan fingerprint density at radius 1 is 0.593 bits per heavy atom. The average Bonchev–Trinajstić information content (AvgIpc) is 3.09. The quantitative estimate of drug-likeness (QED) is 0.118. The van der Waals surface area contributed by atoms with Gasteiger partial charge in [0.1, 0.15) is 42.5 Å². The van der Waals surface area contributed by atoms with Gasteiger partial charge >= 0.3 is 66.9 Å². The molecule has 0 radical (unpaired) electrons. The SMILES string of the molecule is COc1ccc2nc(-c3ccccc3OP(=O)(O)O)nc(N(C)C)c2c1.COc1ccc2nc(-c3ccccc3OP(=O)([O-])[O-])nc(N(C)C)c2c1.[Na+].[Na+]. The zero-order valence-corrected chi connectivity index (χ0v) is 36.6. The number of aromatic nitrogens is 4. The number of phosphoric ester groups is 2. The monoisotopic (exact) mass is 794 g/mol. The third-order valence-electron chi connectivity index (χ3n) is 7.30. The van der Waals surface area contributed by atoms with E-state index in [-0.39, 0.29) is 76.4 Å². The summed E-state index contributed by atoms with van der Waals surface area (Å²) in [6, 6.07) is 23.5. The number of benzene rings is 4. The van der Waals surface area contributed by atoms with Crippen LogP contribution >= 0.6 is 15.6 Å². The molecule has 272 valence electrons. The van der Waals surface area contributed by atoms with Crippen LogP contribution in [0.5, 0.6) is 23.0 Å². The maximum atomic E-state index is 11.3. The minimum absolute atomic E-state index is 0. The average molecular weight is 795 g/mol. The Hall–Kier alpha value is -3.34. The first-order valence-corrected chi connectivity index (χ1v) is 18.3. The molecule has 6 rings (SSSR count). The van der Waals surface area contributed by atoms with Crippen molar-refractivity contribution in [2.75, 3.05) is 52.2 Å². The molecule has 0 atom stereocenters. The predicted octanol–water partition coefficient (Wildman–Crippen LogP) is -1.57. The van der Waals surface area contributed by atoms with Crippen LogP contribution in [0.25, 0.3) is 44.6 Å². The van der Waals surface area contributed by atoms with Gasteiger partial charge in [-0.2, -0.15) is 0 Å². The Morgan fingerprint density at radius 2 is 0.981 bits per heavy atom. The number of methoxy groups -OCH3 is 2. The van der Waals surface area contributed by atoms with E-state index in [4.69, 9.17) is 23.8 Å². The molecule has 0 amide bonds. The first-order valence-electron chi connectivity index (χ1n) is 15.3. The summed E-state index contributed by atoms with van der Waals surface area (Å²) in [5.41, 5.74) is 2.00. The van der Waals surface area contributed by atoms with Crippen LogP contribution in [0.4, 0.5) is 11.6 Å². The van der Waals surface area contributed by atoms with Crippen LogP contribution in [-0.2, 0) is 9.13 Å². The summed E-state index contributed by atoms with van der Waals surface area (Å²) in [5.74, 6) is 3.06. The normalized spacial score (nSPS) is 11.0. The van der Waals surface area contributed by atoms with Gasteiger partial charge in [0.2, 0.25) is 0 Å². The first-order chi connectivity index (χ1) is 24.6. The molecular formula is C34H34N6Na2O10P2. The number of hydrogen-bond donors (Lipinski definition) is 2. The van der Waals surface area contributed by atoms with E-state index in [0.717, 1.165) is 10.8 Å². The molecule has 0 aliphatic carbocycles. The van der Waals surface area contributed by atoms with Crippen LogP contribution in [0.3, 0.4) is 0 Å². The van der Waals surface area contributed by atoms with Crippen molar-refractivity contribution in [3.05, 3.63) is 84.9 Å². The zero-order valence-electron chi connectivity index (χ0n) is 30.8. The smallest absolute Gasteiger partial charge is 0.780 e. The minimum atomic E-state index is -5.21. The molecular weight excluding hydrogens is 760 g/mol. The molecule has 0 aliphatic heterocycles. The predicted molar refractivity (Wildman–Crippen MR) is 193 cm³/mol. The number of anilines is 2. The van der Waals surface area contributed by atoms with Crippen LogP contribution < -0.4 is 97.2 Å². The fourth-order valence-electron chi connectivity index (χ4n) is 5.07. The minimum Gasteiger partial charge on any atom is -0.780 e. The van der Waals surface area contributed by atoms with Gasteiger partial charge in [-0.25, -0.2) is 24.5 Å². The molecule has 16 nitrogen and oxygen atoms in total. The molecule has 4 aromatic carbocycles. The molecule has 0 spiro atoms. The Morgan fingerprint density at radius 3 is 1.33 bits per heavy atom. The molecule has 0 bridgehead atoms. The summed E-state index contributed by atoms with van der Waals surface area (Å²) in [7, 11) is 0.604. The maximum Gasteiger partial charge on any atom is 1.00 e. The summed E-state index contributed by atoms with van der Waals surface area (Å²) in [6.07, 6.45) is 0. The largest absolute Gasteiger partial charge is 1.00 e. The Labute approximate surface area is 355 Å². The summed E-state index contributed by atoms with van der Waals surface area (Å²) >= 11 is 0. The second kappa shape index (κ2) is 19.0. The number of fused-ring (bicyclic) bond motifs is 2. The van der Waals surface area contributed by atoms with Crippen molar-refractivity contribution in [1.82, 2.24) is 19.9 Å². The van der Waals surface area contributed by atoms with E-state index in [1.807, 2.05) is 50.1 Å². The summed E-state index contributed by atoms with van der Waals surface area (Å²) in [5, 5.41) is 1.57. The number of para-hydroxylation sites is 2. The molecule has 54 heavy (non-hydrogen) atoms. The van der Waals surface area contributed by atoms with E-state index in [0.29, 0.717) is 51.1 Å². The van der Waals surface area contributed by atoms with Gasteiger partial charge in [0, 0.05) is 39.0 Å². The third kappa shape index (κ3) is 11.4. The van der Waals surface area contributed by atoms with Crippen LogP contribution in [-0.4, -0.2) is 72.1 Å². The van der Waals surface area contributed by atoms with Gasteiger partial charge in [0.25, 0.3) is 0 Å². The van der Waals surface area contributed by atoms with E-state index in [9.17, 15) is 18.9 Å². The Balaban J connectivity index is 0.000000280. The molecule has 6 aromatic rings. The molecule has 0 unspecified atom stereocenters. The van der Waals surface area contributed by atoms with Gasteiger partial charge < -0.3 is 42.7 Å². The van der Waals surface area contributed by atoms with Gasteiger partial charge in [0.15, 0.2) is 11.6 Å². The van der Waals surface area contributed by atoms with Crippen molar-refractivity contribution < 1.29 is 106 Å². The van der Waals surface area contributed by atoms with Crippen LogP contribution in [0.2, 0.25) is 0 Å². The van der Waals surface area contributed by atoms with Crippen LogP contribution in [0, 0.1) is 0 Å². The summed E-state index contributed by atoms with van der Waals surface area (Å²) in [6.45, 7) is 0. The first kappa shape index (κ1) is 45.1. The molecule has 2 aromatic heterocycles. The standard InChI is InChI=1S/2C17H18N3O5P.2Na/c2*1-20(2)17-13-10-11(24-3)8-9-14(13)18-16(19-17)12-6-4-5-7-15(12)25-26(21,22)23;;/h2*4-10H,1-3H3,(H2,21,22,23);;/q;;2*+1/p-2. The topological polar surface area (TPSA) is 216 Å². The van der Waals surface area contributed by atoms with E-state index in [1.54, 1.807) is 74.9 Å². The Kier molecular flexibility index (Phi) is 15.9. The van der Waals surface area contributed by atoms with Crippen LogP contribution in [0.15, 0.2) is 84.9 Å². The molecule has 2 heterocycles. The van der Waals surface area contributed by atoms with Crippen molar-refractivity contribution in [2.24, 2.45) is 0 Å². The van der Waals surface area contributed by atoms with Gasteiger partial charge in [0.05, 0.1) is 36.4 Å². The van der Waals surface area contributed by atoms with E-state index < -0.39 is 15.6 Å². The van der Waals surface area contributed by atoms with Gasteiger partial charge in [-0.15, -0.1) is 0 Å². The zero-order chi connectivity index (χ0) is 37.8. The fourth-order valence-corrected chi connectivity index (χ4v) is 5.89. The van der Waals surface area contributed by atoms with Gasteiger partial charge in [-0.05, 0) is 60.7 Å². The molecule has 0 fully saturated rings. The molecule has 20 heteroatoms. The number of nitrogens with zero attached hydrogens (tertiary/aromatic N) is 6. The van der Waals surface area contributed by atoms with Gasteiger partial charge in [-0.3, -0.25) is 9.79 Å². The molecule has 0 saturated carbocycles. The maximum absolute atomic E-state index is 11.3. The second-order valence-corrected chi connectivity index (χ2v) is 13.7. The number of hydrogen-bond acceptors (Lipinski definition) is 14. The number of ether oxygens (including phenoxy) is 2. The van der Waals surface area contributed by atoms with E-state index in [2.05, 4.69) is 24.5 Å². The van der Waals surface area contributed by atoms with Crippen molar-refractivity contribution >= 4 is 49.1 Å². The Bertz CT molecular complexity index is 2180. The third-order valence-corrected chi connectivity index (χ3v) is 8.15. The molecule has 0 aliphatic rings. The molecule has 2 N–H and O–H groups in total. The van der Waals surface area contributed by atoms with Crippen molar-refractivity contribution in [1.29, 1.82) is 0 Å². The van der Waals surface area contributed by atoms with Crippen molar-refractivity contribution in [3.8, 4) is 45.8 Å². The molecule has 0 saturated heterocycles. The van der Waals surface area contributed by atoms with E-state index in [1.165, 1.54) is 12.1 Å². The number of phosphoric acid groups is 2. The van der Waals surface area contributed by atoms with Crippen LogP contribution in [0.1, 0.15) is 0 Å². The van der Waals surface area contributed by atoms with Crippen molar-refractivity contribution in [3.63, 3.8) is 0 Å². The number of rotatable bonds is 10. The van der Waals surface area contributed by atoms with Crippen molar-refractivity contribution in [2.45, 2.75) is 0 Å². The second-order valence-electron chi connectivity index (χ2n) is 11.4. The van der Waals surface area contributed by atoms with Gasteiger partial charge in [-0.1, -0.05) is 24.3 Å². The fraction of sp³-hybridized carbons (Fsp3) is 0.176. The van der Waals surface area contributed by atoms with E-state index >= 15 is 0 Å². The summed E-state index contributed by atoms with van der Waals surface area (Å²) in [4.78, 5) is 62.1.